The minimum Gasteiger partial charge on any atom is -0.492 e. The molecule has 0 bridgehead atoms. The molecule has 1 aromatic heterocycles. The van der Waals surface area contributed by atoms with Crippen molar-refractivity contribution in [1.82, 2.24) is 20.0 Å². The zero-order valence-electron chi connectivity index (χ0n) is 17.4. The number of likely N-dealkylation sites (N-methyl/N-ethyl adjacent to an activating group) is 1. The van der Waals surface area contributed by atoms with Gasteiger partial charge in [-0.05, 0) is 24.3 Å². The quantitative estimate of drug-likeness (QED) is 0.551. The van der Waals surface area contributed by atoms with Crippen LogP contribution >= 0.6 is 0 Å². The zero-order chi connectivity index (χ0) is 22.4. The van der Waals surface area contributed by atoms with E-state index < -0.39 is 10.0 Å². The molecule has 0 unspecified atom stereocenters. The van der Waals surface area contributed by atoms with E-state index in [0.717, 1.165) is 16.8 Å². The predicted molar refractivity (Wildman–Crippen MR) is 117 cm³/mol. The lowest BCUT2D eigenvalue weighted by atomic mass is 10.1. The molecule has 3 N–H and O–H groups in total. The van der Waals surface area contributed by atoms with Crippen molar-refractivity contribution >= 4 is 16.1 Å². The van der Waals surface area contributed by atoms with Crippen LogP contribution < -0.4 is 15.2 Å². The number of primary sulfonamides is 1. The van der Waals surface area contributed by atoms with Gasteiger partial charge < -0.3 is 15.0 Å². The number of hydrogen-bond acceptors (Lipinski definition) is 5. The van der Waals surface area contributed by atoms with Crippen molar-refractivity contribution in [3.8, 4) is 17.0 Å². The molecule has 10 heteroatoms. The van der Waals surface area contributed by atoms with Crippen LogP contribution in [0.1, 0.15) is 5.56 Å². The fraction of sp³-hybridized carbons (Fsp3) is 0.238. The number of nitrogens with zero attached hydrogens (tertiary/aromatic N) is 3. The molecule has 164 valence electrons. The van der Waals surface area contributed by atoms with Crippen molar-refractivity contribution in [3.05, 3.63) is 66.4 Å². The van der Waals surface area contributed by atoms with E-state index in [2.05, 4.69) is 10.4 Å². The smallest absolute Gasteiger partial charge is 0.317 e. The summed E-state index contributed by atoms with van der Waals surface area (Å²) in [6.07, 6.45) is 1.89. The number of nitrogens with one attached hydrogen (secondary N) is 1. The summed E-state index contributed by atoms with van der Waals surface area (Å²) in [6, 6.07) is 15.3. The highest BCUT2D eigenvalue weighted by Gasteiger charge is 2.13. The number of nitrogens with two attached hydrogens (primary N) is 1. The van der Waals surface area contributed by atoms with Gasteiger partial charge in [-0.3, -0.25) is 4.68 Å². The van der Waals surface area contributed by atoms with E-state index in [-0.39, 0.29) is 17.5 Å². The van der Waals surface area contributed by atoms with Crippen LogP contribution in [0.25, 0.3) is 11.3 Å². The maximum atomic E-state index is 12.4. The van der Waals surface area contributed by atoms with Crippen LogP contribution in [-0.2, 0) is 23.6 Å². The summed E-state index contributed by atoms with van der Waals surface area (Å²) < 4.78 is 29.8. The van der Waals surface area contributed by atoms with Gasteiger partial charge in [-0.1, -0.05) is 30.3 Å². The molecule has 3 aromatic rings. The summed E-state index contributed by atoms with van der Waals surface area (Å²) in [5.41, 5.74) is 2.74. The molecule has 0 aliphatic carbocycles. The SMILES string of the molecule is CN(CCOc1ccc(S(N)(=O)=O)cc1)C(=O)NCc1cn(C)nc1-c1ccccc1. The summed E-state index contributed by atoms with van der Waals surface area (Å²) in [4.78, 5) is 13.9. The number of carbonyl (C=O) groups is 1. The van der Waals surface area contributed by atoms with E-state index in [0.29, 0.717) is 18.8 Å². The molecule has 0 aliphatic rings. The molecule has 0 saturated carbocycles. The maximum Gasteiger partial charge on any atom is 0.317 e. The largest absolute Gasteiger partial charge is 0.492 e. The number of aromatic nitrogens is 2. The Morgan fingerprint density at radius 1 is 1.16 bits per heavy atom. The van der Waals surface area contributed by atoms with Crippen molar-refractivity contribution in [2.75, 3.05) is 20.2 Å². The minimum atomic E-state index is -3.74. The number of amides is 2. The zero-order valence-corrected chi connectivity index (χ0v) is 18.2. The number of sulfonamides is 1. The summed E-state index contributed by atoms with van der Waals surface area (Å²) in [5.74, 6) is 0.490. The third-order valence-corrected chi connectivity index (χ3v) is 5.51. The number of rotatable bonds is 8. The van der Waals surface area contributed by atoms with Crippen LogP contribution in [0.2, 0.25) is 0 Å². The topological polar surface area (TPSA) is 120 Å². The Balaban J connectivity index is 1.49. The normalized spacial score (nSPS) is 11.2. The van der Waals surface area contributed by atoms with Crippen molar-refractivity contribution < 1.29 is 17.9 Å². The van der Waals surface area contributed by atoms with E-state index in [4.69, 9.17) is 9.88 Å². The Hall–Kier alpha value is -3.37. The molecule has 0 spiro atoms. The number of benzene rings is 2. The van der Waals surface area contributed by atoms with E-state index in [1.165, 1.54) is 29.2 Å². The van der Waals surface area contributed by atoms with Crippen LogP contribution in [0.5, 0.6) is 5.75 Å². The first-order valence-electron chi connectivity index (χ1n) is 9.56. The van der Waals surface area contributed by atoms with E-state index >= 15 is 0 Å². The van der Waals surface area contributed by atoms with E-state index in [1.807, 2.05) is 43.6 Å². The lowest BCUT2D eigenvalue weighted by Crippen LogP contribution is -2.39. The lowest BCUT2D eigenvalue weighted by molar-refractivity contribution is 0.195. The molecule has 3 rings (SSSR count). The Bertz CT molecular complexity index is 1130. The molecule has 0 aliphatic heterocycles. The number of aryl methyl sites for hydroxylation is 1. The highest BCUT2D eigenvalue weighted by atomic mass is 32.2. The molecule has 0 fully saturated rings. The summed E-state index contributed by atoms with van der Waals surface area (Å²) in [5, 5.41) is 12.5. The van der Waals surface area contributed by atoms with Gasteiger partial charge in [-0.2, -0.15) is 5.10 Å². The van der Waals surface area contributed by atoms with Gasteiger partial charge in [0.15, 0.2) is 0 Å². The third kappa shape index (κ3) is 6.06. The Labute approximate surface area is 181 Å². The first-order chi connectivity index (χ1) is 14.7. The molecule has 9 nitrogen and oxygen atoms in total. The van der Waals surface area contributed by atoms with Gasteiger partial charge in [0.2, 0.25) is 10.0 Å². The average molecular weight is 444 g/mol. The number of carbonyl (C=O) groups excluding carboxylic acids is 1. The molecule has 2 amide bonds. The van der Waals surface area contributed by atoms with E-state index in [1.54, 1.807) is 11.7 Å². The molecule has 2 aromatic carbocycles. The maximum absolute atomic E-state index is 12.4. The van der Waals surface area contributed by atoms with Crippen molar-refractivity contribution in [3.63, 3.8) is 0 Å². The van der Waals surface area contributed by atoms with Crippen LogP contribution in [0, 0.1) is 0 Å². The number of hydrogen-bond donors (Lipinski definition) is 2. The van der Waals surface area contributed by atoms with Gasteiger partial charge in [-0.15, -0.1) is 0 Å². The van der Waals surface area contributed by atoms with Gasteiger partial charge in [-0.25, -0.2) is 18.4 Å². The van der Waals surface area contributed by atoms with Gasteiger partial charge in [0, 0.05) is 38.0 Å². The number of ether oxygens (including phenoxy) is 1. The van der Waals surface area contributed by atoms with Crippen molar-refractivity contribution in [2.24, 2.45) is 12.2 Å². The summed E-state index contributed by atoms with van der Waals surface area (Å²) in [6.45, 7) is 0.944. The molecule has 31 heavy (non-hydrogen) atoms. The van der Waals surface area contributed by atoms with Crippen LogP contribution in [0.3, 0.4) is 0 Å². The monoisotopic (exact) mass is 443 g/mol. The molecular formula is C21H25N5O4S. The van der Waals surface area contributed by atoms with Crippen LogP contribution in [0.15, 0.2) is 65.7 Å². The van der Waals surface area contributed by atoms with Gasteiger partial charge in [0.1, 0.15) is 12.4 Å². The minimum absolute atomic E-state index is 0.0154. The lowest BCUT2D eigenvalue weighted by Gasteiger charge is -2.18. The second kappa shape index (κ2) is 9.63. The summed E-state index contributed by atoms with van der Waals surface area (Å²) >= 11 is 0. The van der Waals surface area contributed by atoms with Crippen LogP contribution in [0.4, 0.5) is 4.79 Å². The summed E-state index contributed by atoms with van der Waals surface area (Å²) in [7, 11) is -0.221. The predicted octanol–water partition coefficient (Wildman–Crippen LogP) is 1.95. The molecule has 0 saturated heterocycles. The van der Waals surface area contributed by atoms with Crippen molar-refractivity contribution in [1.29, 1.82) is 0 Å². The molecule has 0 atom stereocenters. The molecule has 0 radical (unpaired) electrons. The Morgan fingerprint density at radius 2 is 1.84 bits per heavy atom. The second-order valence-corrected chi connectivity index (χ2v) is 8.55. The fourth-order valence-electron chi connectivity index (χ4n) is 2.94. The molecule has 1 heterocycles. The highest BCUT2D eigenvalue weighted by molar-refractivity contribution is 7.89. The third-order valence-electron chi connectivity index (χ3n) is 4.58. The average Bonchev–Trinajstić information content (AvgIpc) is 3.13. The fourth-order valence-corrected chi connectivity index (χ4v) is 3.45. The first-order valence-corrected chi connectivity index (χ1v) is 11.1. The Kier molecular flexibility index (Phi) is 6.93. The van der Waals surface area contributed by atoms with E-state index in [9.17, 15) is 13.2 Å². The second-order valence-electron chi connectivity index (χ2n) is 6.99. The van der Waals surface area contributed by atoms with Crippen LogP contribution in [-0.4, -0.2) is 49.3 Å². The van der Waals surface area contributed by atoms with Gasteiger partial charge >= 0.3 is 6.03 Å². The Morgan fingerprint density at radius 3 is 2.48 bits per heavy atom. The van der Waals surface area contributed by atoms with Crippen molar-refractivity contribution in [2.45, 2.75) is 11.4 Å². The first kappa shape index (κ1) is 22.3. The standard InChI is InChI=1S/C21H25N5O4S/c1-25(12-13-30-18-8-10-19(11-9-18)31(22,28)29)21(27)23-14-17-15-26(2)24-20(17)16-6-4-3-5-7-16/h3-11,15H,12-14H2,1-2H3,(H,23,27)(H2,22,28,29). The highest BCUT2D eigenvalue weighted by Crippen LogP contribution is 2.21. The van der Waals surface area contributed by atoms with Gasteiger partial charge in [0.05, 0.1) is 17.1 Å². The molecular weight excluding hydrogens is 418 g/mol. The van der Waals surface area contributed by atoms with Gasteiger partial charge in [0.25, 0.3) is 0 Å². The number of urea groups is 1.